The molecule has 0 aromatic heterocycles. The van der Waals surface area contributed by atoms with Gasteiger partial charge in [0, 0.05) is 0 Å². The minimum absolute atomic E-state index is 0.531. The molecule has 0 radical (unpaired) electrons. The van der Waals surface area contributed by atoms with Crippen molar-refractivity contribution in [1.29, 1.82) is 0 Å². The smallest absolute Gasteiger partial charge is 0.107 e. The van der Waals surface area contributed by atoms with Crippen molar-refractivity contribution in [2.45, 2.75) is 45.3 Å². The first-order valence-corrected chi connectivity index (χ1v) is 5.50. The van der Waals surface area contributed by atoms with E-state index in [9.17, 15) is 10.2 Å². The Balaban J connectivity index is 2.87. The first-order chi connectivity index (χ1) is 7.01. The van der Waals surface area contributed by atoms with E-state index in [0.717, 1.165) is 12.0 Å². The van der Waals surface area contributed by atoms with E-state index in [1.807, 2.05) is 31.2 Å². The molecular weight excluding hydrogens is 188 g/mol. The number of aryl methyl sites for hydroxylation is 1. The van der Waals surface area contributed by atoms with Crippen molar-refractivity contribution in [3.8, 4) is 0 Å². The van der Waals surface area contributed by atoms with Gasteiger partial charge < -0.3 is 10.2 Å². The van der Waals surface area contributed by atoms with Crippen LogP contribution in [-0.2, 0) is 6.42 Å². The summed E-state index contributed by atoms with van der Waals surface area (Å²) in [7, 11) is 0. The lowest BCUT2D eigenvalue weighted by atomic mass is 9.90. The zero-order valence-corrected chi connectivity index (χ0v) is 9.70. The largest absolute Gasteiger partial charge is 0.387 e. The number of hydrogen-bond acceptors (Lipinski definition) is 2. The van der Waals surface area contributed by atoms with E-state index < -0.39 is 11.7 Å². The first kappa shape index (κ1) is 12.2. The van der Waals surface area contributed by atoms with Gasteiger partial charge in [0.05, 0.1) is 5.60 Å². The Bertz CT molecular complexity index is 301. The van der Waals surface area contributed by atoms with Crippen molar-refractivity contribution in [2.24, 2.45) is 0 Å². The van der Waals surface area contributed by atoms with Crippen molar-refractivity contribution >= 4 is 0 Å². The first-order valence-electron chi connectivity index (χ1n) is 5.50. The van der Waals surface area contributed by atoms with Crippen LogP contribution in [0, 0.1) is 0 Å². The molecule has 0 bridgehead atoms. The number of aliphatic hydroxyl groups excluding tert-OH is 1. The number of rotatable bonds is 4. The maximum absolute atomic E-state index is 9.96. The molecule has 84 valence electrons. The van der Waals surface area contributed by atoms with Crippen molar-refractivity contribution in [1.82, 2.24) is 0 Å². The summed E-state index contributed by atoms with van der Waals surface area (Å²) in [4.78, 5) is 0. The molecule has 0 fully saturated rings. The molecule has 1 aromatic carbocycles. The molecule has 2 heteroatoms. The summed E-state index contributed by atoms with van der Waals surface area (Å²) < 4.78 is 0. The van der Waals surface area contributed by atoms with Gasteiger partial charge >= 0.3 is 0 Å². The standard InChI is InChI=1S/C13H20O2/c1-4-10-6-8-11(9-7-10)12(14)13(3,15)5-2/h6-9,12,14-15H,4-5H2,1-3H3. The van der Waals surface area contributed by atoms with Crippen LogP contribution in [0.1, 0.15) is 44.4 Å². The van der Waals surface area contributed by atoms with E-state index >= 15 is 0 Å². The Morgan fingerprint density at radius 2 is 1.73 bits per heavy atom. The van der Waals surface area contributed by atoms with E-state index in [1.165, 1.54) is 5.56 Å². The minimum atomic E-state index is -1.05. The lowest BCUT2D eigenvalue weighted by Gasteiger charge is -2.28. The molecule has 0 amide bonds. The molecule has 0 aliphatic rings. The van der Waals surface area contributed by atoms with Gasteiger partial charge in [-0.25, -0.2) is 0 Å². The van der Waals surface area contributed by atoms with Crippen LogP contribution >= 0.6 is 0 Å². The lowest BCUT2D eigenvalue weighted by Crippen LogP contribution is -2.31. The fraction of sp³-hybridized carbons (Fsp3) is 0.538. The van der Waals surface area contributed by atoms with Crippen molar-refractivity contribution in [3.05, 3.63) is 35.4 Å². The number of hydrogen-bond donors (Lipinski definition) is 2. The van der Waals surface area contributed by atoms with E-state index in [1.54, 1.807) is 6.92 Å². The van der Waals surface area contributed by atoms with E-state index in [4.69, 9.17) is 0 Å². The molecule has 0 aliphatic carbocycles. The Morgan fingerprint density at radius 1 is 1.20 bits per heavy atom. The summed E-state index contributed by atoms with van der Waals surface area (Å²) in [6.45, 7) is 5.61. The van der Waals surface area contributed by atoms with Crippen LogP contribution in [-0.4, -0.2) is 15.8 Å². The Morgan fingerprint density at radius 3 is 2.13 bits per heavy atom. The molecule has 15 heavy (non-hydrogen) atoms. The van der Waals surface area contributed by atoms with Gasteiger partial charge in [0.15, 0.2) is 0 Å². The summed E-state index contributed by atoms with van der Waals surface area (Å²) in [5.41, 5.74) is 0.967. The van der Waals surface area contributed by atoms with Crippen molar-refractivity contribution < 1.29 is 10.2 Å². The fourth-order valence-electron chi connectivity index (χ4n) is 1.49. The lowest BCUT2D eigenvalue weighted by molar-refractivity contribution is -0.0658. The second kappa shape index (κ2) is 4.77. The third-order valence-corrected chi connectivity index (χ3v) is 3.01. The van der Waals surface area contributed by atoms with Crippen LogP contribution in [0.2, 0.25) is 0 Å². The third kappa shape index (κ3) is 2.80. The normalized spacial score (nSPS) is 17.1. The highest BCUT2D eigenvalue weighted by atomic mass is 16.3. The van der Waals surface area contributed by atoms with Gasteiger partial charge in [-0.3, -0.25) is 0 Å². The number of benzene rings is 1. The summed E-state index contributed by atoms with van der Waals surface area (Å²) in [5.74, 6) is 0. The van der Waals surface area contributed by atoms with E-state index in [0.29, 0.717) is 6.42 Å². The van der Waals surface area contributed by atoms with Crippen LogP contribution in [0.25, 0.3) is 0 Å². The van der Waals surface area contributed by atoms with Crippen molar-refractivity contribution in [3.63, 3.8) is 0 Å². The molecule has 0 saturated carbocycles. The number of aliphatic hydroxyl groups is 2. The average Bonchev–Trinajstić information content (AvgIpc) is 2.28. The van der Waals surface area contributed by atoms with Crippen LogP contribution in [0.3, 0.4) is 0 Å². The maximum atomic E-state index is 9.96. The molecule has 0 aliphatic heterocycles. The van der Waals surface area contributed by atoms with E-state index in [2.05, 4.69) is 6.92 Å². The van der Waals surface area contributed by atoms with Gasteiger partial charge in [0.2, 0.25) is 0 Å². The highest BCUT2D eigenvalue weighted by Crippen LogP contribution is 2.28. The van der Waals surface area contributed by atoms with Crippen molar-refractivity contribution in [2.75, 3.05) is 0 Å². The van der Waals surface area contributed by atoms with E-state index in [-0.39, 0.29) is 0 Å². The monoisotopic (exact) mass is 208 g/mol. The summed E-state index contributed by atoms with van der Waals surface area (Å²) >= 11 is 0. The predicted molar refractivity (Wildman–Crippen MR) is 61.7 cm³/mol. The Kier molecular flexibility index (Phi) is 3.89. The molecular formula is C13H20O2. The maximum Gasteiger partial charge on any atom is 0.107 e. The SMILES string of the molecule is CCc1ccc(C(O)C(C)(O)CC)cc1. The molecule has 2 unspecified atom stereocenters. The summed E-state index contributed by atoms with van der Waals surface area (Å²) in [6.07, 6.45) is 0.706. The minimum Gasteiger partial charge on any atom is -0.387 e. The zero-order valence-electron chi connectivity index (χ0n) is 9.70. The average molecular weight is 208 g/mol. The molecule has 0 spiro atoms. The van der Waals surface area contributed by atoms with Gasteiger partial charge in [-0.1, -0.05) is 38.1 Å². The van der Waals surface area contributed by atoms with Crippen LogP contribution in [0.15, 0.2) is 24.3 Å². The molecule has 1 aromatic rings. The van der Waals surface area contributed by atoms with Crippen LogP contribution < -0.4 is 0 Å². The second-order valence-electron chi connectivity index (χ2n) is 4.21. The summed E-state index contributed by atoms with van der Waals surface area (Å²) in [6, 6.07) is 7.75. The van der Waals surface area contributed by atoms with Gasteiger partial charge in [0.1, 0.15) is 6.10 Å². The predicted octanol–water partition coefficient (Wildman–Crippen LogP) is 2.44. The molecule has 2 nitrogen and oxygen atoms in total. The fourth-order valence-corrected chi connectivity index (χ4v) is 1.49. The van der Waals surface area contributed by atoms with Gasteiger partial charge in [0.25, 0.3) is 0 Å². The molecule has 0 heterocycles. The molecule has 2 N–H and O–H groups in total. The Hall–Kier alpha value is -0.860. The molecule has 1 rings (SSSR count). The molecule has 0 saturated heterocycles. The second-order valence-corrected chi connectivity index (χ2v) is 4.21. The highest BCUT2D eigenvalue weighted by Gasteiger charge is 2.29. The van der Waals surface area contributed by atoms with Gasteiger partial charge in [-0.05, 0) is 30.9 Å². The summed E-state index contributed by atoms with van der Waals surface area (Å²) in [5, 5.41) is 19.9. The van der Waals surface area contributed by atoms with Gasteiger partial charge in [-0.15, -0.1) is 0 Å². The van der Waals surface area contributed by atoms with Crippen LogP contribution in [0.5, 0.6) is 0 Å². The zero-order chi connectivity index (χ0) is 11.5. The molecule has 2 atom stereocenters. The van der Waals surface area contributed by atoms with Gasteiger partial charge in [-0.2, -0.15) is 0 Å². The quantitative estimate of drug-likeness (QED) is 0.798. The Labute approximate surface area is 91.6 Å². The van der Waals surface area contributed by atoms with Crippen LogP contribution in [0.4, 0.5) is 0 Å². The highest BCUT2D eigenvalue weighted by molar-refractivity contribution is 5.25. The topological polar surface area (TPSA) is 40.5 Å². The third-order valence-electron chi connectivity index (χ3n) is 3.01.